The van der Waals surface area contributed by atoms with Crippen LogP contribution in [0, 0.1) is 0 Å². The van der Waals surface area contributed by atoms with Gasteiger partial charge in [-0.1, -0.05) is 0 Å². The van der Waals surface area contributed by atoms with E-state index in [4.69, 9.17) is 14.7 Å². The van der Waals surface area contributed by atoms with Gasteiger partial charge in [0, 0.05) is 63.0 Å². The lowest BCUT2D eigenvalue weighted by molar-refractivity contribution is 0.122. The molecule has 0 bridgehead atoms. The summed E-state index contributed by atoms with van der Waals surface area (Å²) in [6, 6.07) is 10.4. The first-order valence-corrected chi connectivity index (χ1v) is 9.83. The third kappa shape index (κ3) is 4.09. The van der Waals surface area contributed by atoms with Gasteiger partial charge in [-0.05, 0) is 35.4 Å². The summed E-state index contributed by atoms with van der Waals surface area (Å²) in [6.45, 7) is 3.17. The number of hydrogen-bond acceptors (Lipinski definition) is 6. The molecule has 4 aromatic heterocycles. The average Bonchev–Trinajstić information content (AvgIpc) is 3.23. The molecule has 0 N–H and O–H groups in total. The van der Waals surface area contributed by atoms with Crippen LogP contribution in [0.1, 0.15) is 22.6 Å². The Morgan fingerprint density at radius 2 is 1.72 bits per heavy atom. The van der Waals surface area contributed by atoms with Crippen LogP contribution < -0.4 is 4.90 Å². The molecule has 1 aliphatic rings. The zero-order valence-electron chi connectivity index (χ0n) is 16.1. The fourth-order valence-electron chi connectivity index (χ4n) is 3.62. The highest BCUT2D eigenvalue weighted by atomic mass is 16.5. The predicted molar refractivity (Wildman–Crippen MR) is 110 cm³/mol. The number of morpholine rings is 1. The number of aromatic nitrogens is 5. The molecule has 0 saturated carbocycles. The van der Waals surface area contributed by atoms with Crippen molar-refractivity contribution in [3.63, 3.8) is 0 Å². The Kier molecular flexibility index (Phi) is 4.88. The number of ether oxygens (including phenoxy) is 1. The smallest absolute Gasteiger partial charge is 0.136 e. The molecule has 0 unspecified atom stereocenters. The van der Waals surface area contributed by atoms with Crippen molar-refractivity contribution < 1.29 is 4.74 Å². The normalized spacial score (nSPS) is 14.4. The number of nitrogens with zero attached hydrogens (tertiary/aromatic N) is 6. The summed E-state index contributed by atoms with van der Waals surface area (Å²) in [5.74, 6) is 1.81. The quantitative estimate of drug-likeness (QED) is 0.525. The Hall–Kier alpha value is -3.32. The van der Waals surface area contributed by atoms with E-state index >= 15 is 0 Å². The molecule has 4 aromatic rings. The molecule has 5 heterocycles. The highest BCUT2D eigenvalue weighted by molar-refractivity contribution is 5.45. The van der Waals surface area contributed by atoms with Crippen LogP contribution in [-0.4, -0.2) is 50.6 Å². The fraction of sp³-hybridized carbons (Fsp3) is 0.273. The number of pyridine rings is 2. The average molecular weight is 386 g/mol. The molecule has 0 radical (unpaired) electrons. The van der Waals surface area contributed by atoms with E-state index < -0.39 is 0 Å². The van der Waals surface area contributed by atoms with E-state index in [2.05, 4.69) is 33.1 Å². The summed E-state index contributed by atoms with van der Waals surface area (Å²) in [5, 5.41) is 0. The van der Waals surface area contributed by atoms with Crippen molar-refractivity contribution in [3.8, 4) is 0 Å². The van der Waals surface area contributed by atoms with Crippen LogP contribution in [0.4, 0.5) is 5.82 Å². The number of fused-ring (bicyclic) bond motifs is 1. The van der Waals surface area contributed by atoms with Gasteiger partial charge < -0.3 is 14.0 Å². The van der Waals surface area contributed by atoms with Crippen molar-refractivity contribution in [2.24, 2.45) is 0 Å². The predicted octanol–water partition coefficient (Wildman–Crippen LogP) is 2.54. The Morgan fingerprint density at radius 3 is 2.59 bits per heavy atom. The highest BCUT2D eigenvalue weighted by Crippen LogP contribution is 2.19. The van der Waals surface area contributed by atoms with Gasteiger partial charge in [-0.2, -0.15) is 0 Å². The summed E-state index contributed by atoms with van der Waals surface area (Å²) in [5.41, 5.74) is 4.30. The molecule has 29 heavy (non-hydrogen) atoms. The topological polar surface area (TPSA) is 68.4 Å². The second-order valence-corrected chi connectivity index (χ2v) is 7.17. The number of hydrogen-bond donors (Lipinski definition) is 0. The van der Waals surface area contributed by atoms with Crippen molar-refractivity contribution in [1.82, 2.24) is 24.3 Å². The lowest BCUT2D eigenvalue weighted by Crippen LogP contribution is -2.37. The lowest BCUT2D eigenvalue weighted by Gasteiger charge is -2.28. The fourth-order valence-corrected chi connectivity index (χ4v) is 3.62. The molecule has 1 aliphatic heterocycles. The van der Waals surface area contributed by atoms with E-state index in [0.717, 1.165) is 61.3 Å². The first-order valence-electron chi connectivity index (χ1n) is 9.83. The molecule has 1 fully saturated rings. The van der Waals surface area contributed by atoms with Crippen molar-refractivity contribution in [1.29, 1.82) is 0 Å². The Morgan fingerprint density at radius 1 is 0.862 bits per heavy atom. The van der Waals surface area contributed by atoms with Crippen LogP contribution in [0.15, 0.2) is 61.3 Å². The standard InChI is InChI=1S/C22H22N6O/c1-4-23-5-2-17(1)14-20-25-19(16-22(26-20)28-9-11-29-12-10-28)13-18-3-7-27-8-6-24-21(27)15-18/h1-8,15-16H,9-14H2. The maximum absolute atomic E-state index is 5.50. The van der Waals surface area contributed by atoms with Crippen LogP contribution in [0.2, 0.25) is 0 Å². The van der Waals surface area contributed by atoms with E-state index in [1.807, 2.05) is 47.5 Å². The van der Waals surface area contributed by atoms with Gasteiger partial charge in [0.15, 0.2) is 0 Å². The number of anilines is 1. The van der Waals surface area contributed by atoms with Gasteiger partial charge in [0.2, 0.25) is 0 Å². The minimum Gasteiger partial charge on any atom is -0.378 e. The molecule has 0 aromatic carbocycles. The summed E-state index contributed by atoms with van der Waals surface area (Å²) < 4.78 is 7.52. The molecule has 1 saturated heterocycles. The van der Waals surface area contributed by atoms with E-state index in [1.165, 1.54) is 5.56 Å². The first kappa shape index (κ1) is 17.8. The summed E-state index contributed by atoms with van der Waals surface area (Å²) in [4.78, 5) is 20.5. The largest absolute Gasteiger partial charge is 0.378 e. The van der Waals surface area contributed by atoms with Crippen LogP contribution in [-0.2, 0) is 17.6 Å². The van der Waals surface area contributed by atoms with E-state index in [9.17, 15) is 0 Å². The Labute approximate surface area is 169 Å². The summed E-state index contributed by atoms with van der Waals surface area (Å²) >= 11 is 0. The molecule has 0 aliphatic carbocycles. The molecule has 7 heteroatoms. The van der Waals surface area contributed by atoms with Gasteiger partial charge in [-0.15, -0.1) is 0 Å². The second-order valence-electron chi connectivity index (χ2n) is 7.17. The van der Waals surface area contributed by atoms with Crippen LogP contribution >= 0.6 is 0 Å². The monoisotopic (exact) mass is 386 g/mol. The second kappa shape index (κ2) is 7.97. The minimum absolute atomic E-state index is 0.687. The van der Waals surface area contributed by atoms with Crippen LogP contribution in [0.25, 0.3) is 5.65 Å². The van der Waals surface area contributed by atoms with Crippen molar-refractivity contribution in [2.45, 2.75) is 12.8 Å². The van der Waals surface area contributed by atoms with Gasteiger partial charge in [0.1, 0.15) is 17.3 Å². The van der Waals surface area contributed by atoms with E-state index in [0.29, 0.717) is 6.42 Å². The van der Waals surface area contributed by atoms with Gasteiger partial charge in [-0.3, -0.25) is 4.98 Å². The van der Waals surface area contributed by atoms with Crippen LogP contribution in [0.5, 0.6) is 0 Å². The molecule has 146 valence electrons. The summed E-state index contributed by atoms with van der Waals surface area (Å²) in [6.07, 6.45) is 10.9. The van der Waals surface area contributed by atoms with Crippen LogP contribution in [0.3, 0.4) is 0 Å². The van der Waals surface area contributed by atoms with Gasteiger partial charge in [-0.25, -0.2) is 15.0 Å². The lowest BCUT2D eigenvalue weighted by atomic mass is 10.1. The van der Waals surface area contributed by atoms with Gasteiger partial charge in [0.25, 0.3) is 0 Å². The van der Waals surface area contributed by atoms with E-state index in [-0.39, 0.29) is 0 Å². The van der Waals surface area contributed by atoms with Crippen molar-refractivity contribution in [3.05, 3.63) is 84.0 Å². The molecule has 5 rings (SSSR count). The van der Waals surface area contributed by atoms with Gasteiger partial charge >= 0.3 is 0 Å². The zero-order chi connectivity index (χ0) is 19.5. The summed E-state index contributed by atoms with van der Waals surface area (Å²) in [7, 11) is 0. The molecule has 0 spiro atoms. The number of imidazole rings is 1. The van der Waals surface area contributed by atoms with Crippen molar-refractivity contribution >= 4 is 11.5 Å². The SMILES string of the molecule is c1cc(Cc2nc(Cc3ccn4ccnc4c3)cc(N3CCOCC3)n2)ccn1. The molecule has 0 amide bonds. The molecular formula is C22H22N6O. The van der Waals surface area contributed by atoms with E-state index in [1.54, 1.807) is 0 Å². The van der Waals surface area contributed by atoms with Crippen molar-refractivity contribution in [2.75, 3.05) is 31.2 Å². The Balaban J connectivity index is 1.47. The third-order valence-corrected chi connectivity index (χ3v) is 5.11. The van der Waals surface area contributed by atoms with Gasteiger partial charge in [0.05, 0.1) is 18.9 Å². The first-order chi connectivity index (χ1) is 14.3. The molecule has 0 atom stereocenters. The third-order valence-electron chi connectivity index (χ3n) is 5.11. The molecular weight excluding hydrogens is 364 g/mol. The highest BCUT2D eigenvalue weighted by Gasteiger charge is 2.15. The Bertz CT molecular complexity index is 1100. The maximum Gasteiger partial charge on any atom is 0.136 e. The minimum atomic E-state index is 0.687. The zero-order valence-corrected chi connectivity index (χ0v) is 16.1. The number of rotatable bonds is 5. The maximum atomic E-state index is 5.50. The molecule has 7 nitrogen and oxygen atoms in total.